The van der Waals surface area contributed by atoms with Crippen LogP contribution in [0.4, 0.5) is 51.2 Å². The zero-order valence-electron chi connectivity index (χ0n) is 45.5. The van der Waals surface area contributed by atoms with Crippen LogP contribution in [0.2, 0.25) is 0 Å². The molecule has 0 aliphatic carbocycles. The molecule has 16 aromatic rings. The normalized spacial score (nSPS) is 11.6. The molecule has 6 heteroatoms. The topological polar surface area (TPSA) is 49.1 Å². The van der Waals surface area contributed by atoms with Gasteiger partial charge in [-0.2, -0.15) is 0 Å². The van der Waals surface area contributed by atoms with Gasteiger partial charge >= 0.3 is 0 Å². The van der Waals surface area contributed by atoms with E-state index in [0.29, 0.717) is 0 Å². The van der Waals surface area contributed by atoms with Crippen molar-refractivity contribution in [2.45, 2.75) is 0 Å². The Hall–Kier alpha value is -11.3. The van der Waals surface area contributed by atoms with Crippen LogP contribution >= 0.6 is 0 Å². The molecule has 0 N–H and O–H groups in total. The molecule has 0 aliphatic rings. The molecule has 0 bridgehead atoms. The van der Waals surface area contributed by atoms with E-state index in [9.17, 15) is 0 Å². The third-order valence-electron chi connectivity index (χ3n) is 16.2. The van der Waals surface area contributed by atoms with Crippen molar-refractivity contribution in [1.29, 1.82) is 0 Å². The molecule has 3 heterocycles. The highest BCUT2D eigenvalue weighted by Gasteiger charge is 2.24. The van der Waals surface area contributed by atoms with E-state index in [1.165, 1.54) is 0 Å². The van der Waals surface area contributed by atoms with Crippen LogP contribution in [0.15, 0.2) is 323 Å². The second kappa shape index (κ2) is 20.3. The van der Waals surface area contributed by atoms with Crippen molar-refractivity contribution in [2.75, 3.05) is 14.7 Å². The Bertz CT molecular complexity index is 4850. The largest absolute Gasteiger partial charge is 0.456 e. The van der Waals surface area contributed by atoms with Crippen LogP contribution < -0.4 is 14.7 Å². The Morgan fingerprint density at radius 3 is 0.905 bits per heavy atom. The molecule has 84 heavy (non-hydrogen) atoms. The van der Waals surface area contributed by atoms with Crippen LogP contribution in [0.3, 0.4) is 0 Å². The van der Waals surface area contributed by atoms with Gasteiger partial charge in [-0.25, -0.2) is 0 Å². The van der Waals surface area contributed by atoms with Crippen LogP contribution in [0.5, 0.6) is 0 Å². The number of para-hydroxylation sites is 7. The first-order chi connectivity index (χ1) is 41.6. The summed E-state index contributed by atoms with van der Waals surface area (Å²) in [6.45, 7) is 0. The number of anilines is 9. The number of hydrogen-bond donors (Lipinski definition) is 0. The minimum Gasteiger partial charge on any atom is -0.456 e. The highest BCUT2D eigenvalue weighted by Crippen LogP contribution is 2.48. The number of rotatable bonds is 12. The van der Waals surface area contributed by atoms with E-state index in [1.807, 2.05) is 36.4 Å². The van der Waals surface area contributed by atoms with Crippen LogP contribution in [-0.2, 0) is 0 Å². The summed E-state index contributed by atoms with van der Waals surface area (Å²) in [5, 5.41) is 6.64. The summed E-state index contributed by atoms with van der Waals surface area (Å²) in [7, 11) is 0. The highest BCUT2D eigenvalue weighted by molar-refractivity contribution is 6.10. The molecule has 396 valence electrons. The van der Waals surface area contributed by atoms with Crippen molar-refractivity contribution in [1.82, 2.24) is 0 Å². The van der Waals surface area contributed by atoms with E-state index < -0.39 is 0 Å². The molecule has 0 saturated carbocycles. The minimum atomic E-state index is 0.880. The standard InChI is InChI=1S/C78H51N3O3/c1-4-17-57(18-5-1)79(60-39-31-52(32-40-60)55-37-45-76-71(47-55)68-24-11-13-28-73(68)82-76)63-49-64(80(58-19-6-2-7-20-58)61-41-33-53(34-42-61)56-38-46-77-72(48-56)69-25-12-14-29-74(69)83-77)51-65(50-63)81(59-21-8-3-9-22-59)62-43-35-54(36-44-62)66-26-16-27-70-67-23-10-15-30-75(67)84-78(66)70/h1-51H. The molecule has 6 nitrogen and oxygen atoms in total. The fraction of sp³-hybridized carbons (Fsp3) is 0. The molecule has 0 saturated heterocycles. The first-order valence-electron chi connectivity index (χ1n) is 28.4. The maximum absolute atomic E-state index is 6.56. The summed E-state index contributed by atoms with van der Waals surface area (Å²) in [6.07, 6.45) is 0. The van der Waals surface area contributed by atoms with Gasteiger partial charge in [0.2, 0.25) is 0 Å². The SMILES string of the molecule is c1ccc(N(c2ccc(-c3ccc4oc5ccccc5c4c3)cc2)c2cc(N(c3ccccc3)c3ccc(-c4ccc5oc6ccccc6c5c4)cc3)cc(N(c3ccccc3)c3ccc(-c4cccc5c4oc4ccccc45)cc3)c2)cc1. The van der Waals surface area contributed by atoms with Gasteiger partial charge in [0.15, 0.2) is 0 Å². The van der Waals surface area contributed by atoms with E-state index in [4.69, 9.17) is 13.3 Å². The Kier molecular flexibility index (Phi) is 11.8. The van der Waals surface area contributed by atoms with Crippen molar-refractivity contribution in [3.63, 3.8) is 0 Å². The van der Waals surface area contributed by atoms with Gasteiger partial charge in [0.1, 0.15) is 33.5 Å². The number of benzene rings is 13. The third-order valence-corrected chi connectivity index (χ3v) is 16.2. The molecule has 16 rings (SSSR count). The fourth-order valence-electron chi connectivity index (χ4n) is 12.2. The Labute approximate surface area is 485 Å². The zero-order valence-corrected chi connectivity index (χ0v) is 45.5. The van der Waals surface area contributed by atoms with Gasteiger partial charge < -0.3 is 28.0 Å². The Balaban J connectivity index is 0.866. The van der Waals surface area contributed by atoms with E-state index in [-0.39, 0.29) is 0 Å². The lowest BCUT2D eigenvalue weighted by Crippen LogP contribution is -2.16. The van der Waals surface area contributed by atoms with E-state index in [0.717, 1.165) is 150 Å². The van der Waals surface area contributed by atoms with Crippen molar-refractivity contribution < 1.29 is 13.3 Å². The van der Waals surface area contributed by atoms with Gasteiger partial charge in [-0.05, 0) is 161 Å². The second-order valence-corrected chi connectivity index (χ2v) is 21.3. The molecule has 0 fully saturated rings. The summed E-state index contributed by atoms with van der Waals surface area (Å²) < 4.78 is 19.0. The molecular weight excluding hydrogens is 1030 g/mol. The van der Waals surface area contributed by atoms with Crippen molar-refractivity contribution in [2.24, 2.45) is 0 Å². The third kappa shape index (κ3) is 8.60. The van der Waals surface area contributed by atoms with Crippen molar-refractivity contribution >= 4 is 117 Å². The monoisotopic (exact) mass is 1080 g/mol. The number of hydrogen-bond acceptors (Lipinski definition) is 6. The van der Waals surface area contributed by atoms with Crippen molar-refractivity contribution in [3.8, 4) is 33.4 Å². The molecule has 0 amide bonds. The Morgan fingerprint density at radius 2 is 0.488 bits per heavy atom. The van der Waals surface area contributed by atoms with E-state index in [2.05, 4.69) is 288 Å². The van der Waals surface area contributed by atoms with Crippen LogP contribution in [0.1, 0.15) is 0 Å². The predicted molar refractivity (Wildman–Crippen MR) is 349 cm³/mol. The summed E-state index contributed by atoms with van der Waals surface area (Å²) in [5.74, 6) is 0. The predicted octanol–water partition coefficient (Wildman–Crippen LogP) is 22.8. The molecule has 0 aliphatic heterocycles. The number of furan rings is 3. The van der Waals surface area contributed by atoms with Crippen molar-refractivity contribution in [3.05, 3.63) is 309 Å². The molecule has 0 atom stereocenters. The summed E-state index contributed by atoms with van der Waals surface area (Å²) >= 11 is 0. The quantitative estimate of drug-likeness (QED) is 0.122. The first-order valence-corrected chi connectivity index (χ1v) is 28.4. The smallest absolute Gasteiger partial charge is 0.143 e. The average molecular weight is 1080 g/mol. The minimum absolute atomic E-state index is 0.880. The van der Waals surface area contributed by atoms with E-state index in [1.54, 1.807) is 0 Å². The van der Waals surface area contributed by atoms with Gasteiger partial charge in [0.05, 0.1) is 17.1 Å². The number of nitrogens with zero attached hydrogens (tertiary/aromatic N) is 3. The highest BCUT2D eigenvalue weighted by atomic mass is 16.3. The maximum atomic E-state index is 6.56. The lowest BCUT2D eigenvalue weighted by atomic mass is 10.0. The molecule has 0 spiro atoms. The molecule has 0 unspecified atom stereocenters. The maximum Gasteiger partial charge on any atom is 0.143 e. The fourth-order valence-corrected chi connectivity index (χ4v) is 12.2. The zero-order chi connectivity index (χ0) is 55.5. The van der Waals surface area contributed by atoms with Gasteiger partial charge in [-0.3, -0.25) is 0 Å². The number of fused-ring (bicyclic) bond motifs is 9. The molecule has 3 aromatic heterocycles. The summed E-state index contributed by atoms with van der Waals surface area (Å²) in [4.78, 5) is 7.10. The molecule has 13 aromatic carbocycles. The lowest BCUT2D eigenvalue weighted by molar-refractivity contribution is 0.668. The van der Waals surface area contributed by atoms with Gasteiger partial charge in [-0.15, -0.1) is 0 Å². The first kappa shape index (κ1) is 48.6. The van der Waals surface area contributed by atoms with Crippen LogP contribution in [0, 0.1) is 0 Å². The summed E-state index contributed by atoms with van der Waals surface area (Å²) in [5.41, 5.74) is 20.9. The van der Waals surface area contributed by atoms with E-state index >= 15 is 0 Å². The molecular formula is C78H51N3O3. The van der Waals surface area contributed by atoms with Gasteiger partial charge in [0, 0.05) is 72.0 Å². The second-order valence-electron chi connectivity index (χ2n) is 21.3. The average Bonchev–Trinajstić information content (AvgIpc) is 2.61. The van der Waals surface area contributed by atoms with Gasteiger partial charge in [-0.1, -0.05) is 176 Å². The molecule has 0 radical (unpaired) electrons. The lowest BCUT2D eigenvalue weighted by Gasteiger charge is -2.33. The van der Waals surface area contributed by atoms with Gasteiger partial charge in [0.25, 0.3) is 0 Å². The Morgan fingerprint density at radius 1 is 0.179 bits per heavy atom. The summed E-state index contributed by atoms with van der Waals surface area (Å²) in [6, 6.07) is 110. The van der Waals surface area contributed by atoms with Crippen LogP contribution in [-0.4, -0.2) is 0 Å². The van der Waals surface area contributed by atoms with Crippen LogP contribution in [0.25, 0.3) is 99.2 Å².